The zero-order chi connectivity index (χ0) is 18.1. The SMILES string of the molecule is CC(C)=CC(=O)OC1c2c(C)coc2C(=O)C23OC2CCC(C)C13C. The summed E-state index contributed by atoms with van der Waals surface area (Å²) in [6.07, 6.45) is 4.20. The number of carbonyl (C=O) groups is 2. The second kappa shape index (κ2) is 5.07. The predicted octanol–water partition coefficient (Wildman–Crippen LogP) is 3.91. The van der Waals surface area contributed by atoms with E-state index in [-0.39, 0.29) is 17.8 Å². The van der Waals surface area contributed by atoms with Crippen LogP contribution in [0, 0.1) is 18.3 Å². The Balaban J connectivity index is 1.88. The number of esters is 1. The maximum absolute atomic E-state index is 13.2. The van der Waals surface area contributed by atoms with Gasteiger partial charge in [-0.3, -0.25) is 4.79 Å². The fraction of sp³-hybridized carbons (Fsp3) is 0.600. The zero-order valence-corrected chi connectivity index (χ0v) is 15.3. The standard InChI is InChI=1S/C20H24O5/c1-10(2)8-14(21)24-18-15-11(3)9-23-16(15)17(22)20-13(25-20)7-6-12(4)19(18,20)5/h8-9,12-13,18H,6-7H2,1-5H3. The van der Waals surface area contributed by atoms with Crippen molar-refractivity contribution >= 4 is 11.8 Å². The van der Waals surface area contributed by atoms with E-state index in [9.17, 15) is 9.59 Å². The molecule has 0 bridgehead atoms. The number of epoxide rings is 1. The Labute approximate surface area is 147 Å². The summed E-state index contributed by atoms with van der Waals surface area (Å²) in [5.41, 5.74) is 0.900. The van der Waals surface area contributed by atoms with Gasteiger partial charge in [0.15, 0.2) is 11.4 Å². The second-order valence-corrected chi connectivity index (χ2v) is 8.13. The number of rotatable bonds is 2. The van der Waals surface area contributed by atoms with Gasteiger partial charge in [-0.05, 0) is 45.1 Å². The van der Waals surface area contributed by atoms with E-state index in [1.54, 1.807) is 6.26 Å². The molecule has 2 heterocycles. The third-order valence-corrected chi connectivity index (χ3v) is 6.42. The Kier molecular flexibility index (Phi) is 3.36. The number of aryl methyl sites for hydroxylation is 1. The topological polar surface area (TPSA) is 69.0 Å². The number of fused-ring (bicyclic) bond motifs is 1. The third kappa shape index (κ3) is 1.93. The first-order valence-corrected chi connectivity index (χ1v) is 8.89. The molecule has 1 saturated carbocycles. The van der Waals surface area contributed by atoms with E-state index >= 15 is 0 Å². The minimum Gasteiger partial charge on any atom is -0.460 e. The second-order valence-electron chi connectivity index (χ2n) is 8.13. The van der Waals surface area contributed by atoms with Crippen molar-refractivity contribution in [3.05, 3.63) is 34.8 Å². The molecule has 0 N–H and O–H groups in total. The van der Waals surface area contributed by atoms with Crippen LogP contribution in [0.3, 0.4) is 0 Å². The Hall–Kier alpha value is -1.88. The summed E-state index contributed by atoms with van der Waals surface area (Å²) in [6, 6.07) is 0. The van der Waals surface area contributed by atoms with Gasteiger partial charge >= 0.3 is 5.97 Å². The summed E-state index contributed by atoms with van der Waals surface area (Å²) in [6.45, 7) is 9.75. The quantitative estimate of drug-likeness (QED) is 0.462. The van der Waals surface area contributed by atoms with E-state index < -0.39 is 23.1 Å². The van der Waals surface area contributed by atoms with Crippen molar-refractivity contribution in [2.45, 2.75) is 65.3 Å². The van der Waals surface area contributed by atoms with Gasteiger partial charge < -0.3 is 13.9 Å². The first kappa shape index (κ1) is 16.6. The maximum atomic E-state index is 13.2. The van der Waals surface area contributed by atoms with Crippen LogP contribution in [0.5, 0.6) is 0 Å². The van der Waals surface area contributed by atoms with Crippen LogP contribution < -0.4 is 0 Å². The molecule has 5 nitrogen and oxygen atoms in total. The zero-order valence-electron chi connectivity index (χ0n) is 15.3. The summed E-state index contributed by atoms with van der Waals surface area (Å²) in [4.78, 5) is 25.6. The number of allylic oxidation sites excluding steroid dienone is 1. The molecule has 4 rings (SSSR count). The molecule has 3 aliphatic rings. The van der Waals surface area contributed by atoms with Gasteiger partial charge in [0, 0.05) is 11.6 Å². The van der Waals surface area contributed by atoms with Gasteiger partial charge in [0.05, 0.1) is 17.8 Å². The molecular formula is C20H24O5. The van der Waals surface area contributed by atoms with Crippen LogP contribution in [0.2, 0.25) is 0 Å². The van der Waals surface area contributed by atoms with Crippen molar-refractivity contribution in [1.29, 1.82) is 0 Å². The van der Waals surface area contributed by atoms with Crippen LogP contribution in [-0.2, 0) is 14.3 Å². The van der Waals surface area contributed by atoms with Gasteiger partial charge in [-0.15, -0.1) is 0 Å². The molecule has 0 radical (unpaired) electrons. The molecule has 1 saturated heterocycles. The van der Waals surface area contributed by atoms with E-state index in [2.05, 4.69) is 6.92 Å². The summed E-state index contributed by atoms with van der Waals surface area (Å²) in [5, 5.41) is 0. The average Bonchev–Trinajstić information content (AvgIpc) is 3.16. The highest BCUT2D eigenvalue weighted by atomic mass is 16.6. The molecule has 2 fully saturated rings. The van der Waals surface area contributed by atoms with Gasteiger partial charge in [-0.25, -0.2) is 4.79 Å². The normalized spacial score (nSPS) is 38.3. The molecule has 5 atom stereocenters. The van der Waals surface area contributed by atoms with E-state index in [1.165, 1.54) is 6.08 Å². The minimum absolute atomic E-state index is 0.0934. The number of ether oxygens (including phenoxy) is 2. The third-order valence-electron chi connectivity index (χ3n) is 6.42. The van der Waals surface area contributed by atoms with Crippen molar-refractivity contribution in [3.8, 4) is 0 Å². The molecule has 1 aliphatic heterocycles. The molecule has 0 aromatic carbocycles. The first-order valence-electron chi connectivity index (χ1n) is 8.89. The smallest absolute Gasteiger partial charge is 0.331 e. The van der Waals surface area contributed by atoms with Crippen molar-refractivity contribution in [1.82, 2.24) is 0 Å². The van der Waals surface area contributed by atoms with E-state index in [4.69, 9.17) is 13.9 Å². The van der Waals surface area contributed by atoms with E-state index in [1.807, 2.05) is 27.7 Å². The lowest BCUT2D eigenvalue weighted by molar-refractivity contribution is -0.159. The highest BCUT2D eigenvalue weighted by Gasteiger charge is 2.80. The lowest BCUT2D eigenvalue weighted by Crippen LogP contribution is -2.57. The van der Waals surface area contributed by atoms with Gasteiger partial charge in [0.2, 0.25) is 5.78 Å². The van der Waals surface area contributed by atoms with Crippen LogP contribution in [0.25, 0.3) is 0 Å². The number of Topliss-reactive ketones (excluding diaryl/α,β-unsaturated/α-hetero) is 1. The fourth-order valence-corrected chi connectivity index (χ4v) is 4.88. The number of hydrogen-bond acceptors (Lipinski definition) is 5. The Morgan fingerprint density at radius 3 is 2.76 bits per heavy atom. The van der Waals surface area contributed by atoms with Gasteiger partial charge in [-0.1, -0.05) is 19.4 Å². The number of furan rings is 1. The Bertz CT molecular complexity index is 799. The van der Waals surface area contributed by atoms with Crippen LogP contribution in [-0.4, -0.2) is 23.5 Å². The molecule has 1 aromatic rings. The molecule has 134 valence electrons. The van der Waals surface area contributed by atoms with Crippen molar-refractivity contribution in [2.75, 3.05) is 0 Å². The average molecular weight is 344 g/mol. The van der Waals surface area contributed by atoms with Crippen LogP contribution in [0.1, 0.15) is 68.3 Å². The highest BCUT2D eigenvalue weighted by Crippen LogP contribution is 2.69. The molecule has 0 amide bonds. The predicted molar refractivity (Wildman–Crippen MR) is 90.1 cm³/mol. The lowest BCUT2D eigenvalue weighted by atomic mass is 9.53. The van der Waals surface area contributed by atoms with Crippen molar-refractivity contribution in [3.63, 3.8) is 0 Å². The maximum Gasteiger partial charge on any atom is 0.331 e. The van der Waals surface area contributed by atoms with Crippen LogP contribution >= 0.6 is 0 Å². The minimum atomic E-state index is -0.919. The van der Waals surface area contributed by atoms with Gasteiger partial charge in [-0.2, -0.15) is 0 Å². The first-order chi connectivity index (χ1) is 11.7. The molecule has 5 unspecified atom stereocenters. The molecule has 25 heavy (non-hydrogen) atoms. The van der Waals surface area contributed by atoms with Crippen LogP contribution in [0.15, 0.2) is 22.3 Å². The van der Waals surface area contributed by atoms with Crippen molar-refractivity contribution < 1.29 is 23.5 Å². The van der Waals surface area contributed by atoms with E-state index in [0.717, 1.165) is 24.0 Å². The van der Waals surface area contributed by atoms with Gasteiger partial charge in [0.25, 0.3) is 0 Å². The molecule has 1 spiro atoms. The molecule has 2 aliphatic carbocycles. The molecule has 1 aromatic heterocycles. The molecular weight excluding hydrogens is 320 g/mol. The largest absolute Gasteiger partial charge is 0.460 e. The van der Waals surface area contributed by atoms with Crippen LogP contribution in [0.4, 0.5) is 0 Å². The Morgan fingerprint density at radius 2 is 2.08 bits per heavy atom. The fourth-order valence-electron chi connectivity index (χ4n) is 4.88. The number of ketones is 1. The summed E-state index contributed by atoms with van der Waals surface area (Å²) >= 11 is 0. The highest BCUT2D eigenvalue weighted by molar-refractivity contribution is 6.06. The lowest BCUT2D eigenvalue weighted by Gasteiger charge is -2.49. The summed E-state index contributed by atoms with van der Waals surface area (Å²) in [7, 11) is 0. The van der Waals surface area contributed by atoms with Gasteiger partial charge in [0.1, 0.15) is 6.10 Å². The summed E-state index contributed by atoms with van der Waals surface area (Å²) in [5.74, 6) is -0.00913. The molecule has 5 heteroatoms. The van der Waals surface area contributed by atoms with Crippen molar-refractivity contribution in [2.24, 2.45) is 11.3 Å². The summed E-state index contributed by atoms with van der Waals surface area (Å²) < 4.78 is 17.5. The number of hydrogen-bond donors (Lipinski definition) is 0. The van der Waals surface area contributed by atoms with E-state index in [0.29, 0.717) is 11.3 Å². The monoisotopic (exact) mass is 344 g/mol. The Morgan fingerprint density at radius 1 is 1.36 bits per heavy atom. The number of carbonyl (C=O) groups excluding carboxylic acids is 2.